The van der Waals surface area contributed by atoms with Gasteiger partial charge in [0, 0.05) is 0 Å². The lowest BCUT2D eigenvalue weighted by atomic mass is 10.1. The number of ether oxygens (including phenoxy) is 1. The fraction of sp³-hybridized carbons (Fsp3) is 0.500. The van der Waals surface area contributed by atoms with Crippen LogP contribution in [0.2, 0.25) is 0 Å². The van der Waals surface area contributed by atoms with Crippen molar-refractivity contribution >= 4 is 17.8 Å². The summed E-state index contributed by atoms with van der Waals surface area (Å²) in [6.45, 7) is 3.59. The first-order chi connectivity index (χ1) is 9.78. The number of carbonyl (C=O) groups is 3. The fourth-order valence-corrected chi connectivity index (χ4v) is 2.56. The fourth-order valence-electron chi connectivity index (χ4n) is 2.56. The van der Waals surface area contributed by atoms with Crippen LogP contribution in [-0.4, -0.2) is 30.1 Å². The van der Waals surface area contributed by atoms with Crippen LogP contribution in [0.3, 0.4) is 0 Å². The lowest BCUT2D eigenvalue weighted by molar-refractivity contribution is -0.140. The lowest BCUT2D eigenvalue weighted by Crippen LogP contribution is -2.26. The molecule has 1 fully saturated rings. The van der Waals surface area contributed by atoms with Gasteiger partial charge in [0.15, 0.2) is 0 Å². The van der Waals surface area contributed by atoms with E-state index in [1.165, 1.54) is 13.2 Å². The molecule has 1 aromatic rings. The number of rotatable bonds is 5. The monoisotopic (exact) mass is 295 g/mol. The maximum Gasteiger partial charge on any atom is 0.373 e. The van der Waals surface area contributed by atoms with E-state index in [1.807, 2.05) is 0 Å². The summed E-state index contributed by atoms with van der Waals surface area (Å²) < 4.78 is 9.71. The van der Waals surface area contributed by atoms with E-state index in [9.17, 15) is 14.4 Å². The second-order valence-electron chi connectivity index (χ2n) is 5.59. The molecule has 114 valence electrons. The second kappa shape index (κ2) is 5.23. The third-order valence-corrected chi connectivity index (χ3v) is 3.86. The van der Waals surface area contributed by atoms with Gasteiger partial charge in [0.05, 0.1) is 25.5 Å². The minimum absolute atomic E-state index is 0.0527. The van der Waals surface area contributed by atoms with Crippen LogP contribution in [0.1, 0.15) is 30.2 Å². The molecule has 1 saturated carbocycles. The van der Waals surface area contributed by atoms with Crippen LogP contribution in [0.15, 0.2) is 16.5 Å². The average Bonchev–Trinajstić information content (AvgIpc) is 2.80. The highest BCUT2D eigenvalue weighted by Gasteiger charge is 2.65. The number of esters is 1. The van der Waals surface area contributed by atoms with E-state index < -0.39 is 29.2 Å². The predicted molar refractivity (Wildman–Crippen MR) is 70.3 cm³/mol. The zero-order valence-electron chi connectivity index (χ0n) is 12.0. The number of carboxylic acids is 1. The van der Waals surface area contributed by atoms with Gasteiger partial charge in [0.1, 0.15) is 5.76 Å². The molecule has 1 heterocycles. The van der Waals surface area contributed by atoms with Gasteiger partial charge in [-0.25, -0.2) is 4.79 Å². The highest BCUT2D eigenvalue weighted by atomic mass is 16.5. The Morgan fingerprint density at radius 2 is 2.00 bits per heavy atom. The van der Waals surface area contributed by atoms with E-state index in [0.29, 0.717) is 5.76 Å². The second-order valence-corrected chi connectivity index (χ2v) is 5.59. The van der Waals surface area contributed by atoms with Gasteiger partial charge in [0.2, 0.25) is 11.7 Å². The minimum atomic E-state index is -0.967. The van der Waals surface area contributed by atoms with Crippen molar-refractivity contribution in [3.05, 3.63) is 23.7 Å². The van der Waals surface area contributed by atoms with Gasteiger partial charge in [-0.15, -0.1) is 0 Å². The van der Waals surface area contributed by atoms with Gasteiger partial charge in [-0.2, -0.15) is 0 Å². The molecule has 1 aliphatic carbocycles. The Kier molecular flexibility index (Phi) is 3.76. The van der Waals surface area contributed by atoms with Crippen molar-refractivity contribution in [1.29, 1.82) is 0 Å². The molecule has 0 spiro atoms. The molecule has 1 amide bonds. The summed E-state index contributed by atoms with van der Waals surface area (Å²) in [5.74, 6) is -2.66. The number of carbonyl (C=O) groups excluding carboxylic acids is 2. The summed E-state index contributed by atoms with van der Waals surface area (Å²) in [6, 6.07) is 3.01. The van der Waals surface area contributed by atoms with Crippen LogP contribution in [0.5, 0.6) is 0 Å². The van der Waals surface area contributed by atoms with E-state index >= 15 is 0 Å². The van der Waals surface area contributed by atoms with E-state index in [2.05, 4.69) is 10.1 Å². The molecule has 1 aromatic heterocycles. The van der Waals surface area contributed by atoms with Gasteiger partial charge in [0.25, 0.3) is 0 Å². The normalized spacial score (nSPS) is 22.4. The molecule has 2 atom stereocenters. The molecular weight excluding hydrogens is 278 g/mol. The number of carboxylic acid groups (broad SMARTS) is 1. The predicted octanol–water partition coefficient (Wildman–Crippen LogP) is 1.04. The third kappa shape index (κ3) is 2.76. The molecule has 0 radical (unpaired) electrons. The number of methoxy groups -OCH3 is 1. The Morgan fingerprint density at radius 1 is 1.33 bits per heavy atom. The summed E-state index contributed by atoms with van der Waals surface area (Å²) >= 11 is 0. The van der Waals surface area contributed by atoms with Crippen molar-refractivity contribution in [3.63, 3.8) is 0 Å². The first kappa shape index (κ1) is 15.1. The summed E-state index contributed by atoms with van der Waals surface area (Å²) in [5.41, 5.74) is -0.545. The molecule has 2 N–H and O–H groups in total. The number of furan rings is 1. The summed E-state index contributed by atoms with van der Waals surface area (Å²) in [7, 11) is 1.24. The molecule has 0 unspecified atom stereocenters. The lowest BCUT2D eigenvalue weighted by Gasteiger charge is -2.04. The highest BCUT2D eigenvalue weighted by molar-refractivity contribution is 5.91. The standard InChI is InChI=1S/C14H17NO6/c1-14(2)9(10(14)12(17)18)11(16)15-6-7-4-5-8(21-7)13(19)20-3/h4-5,9-10H,6H2,1-3H3,(H,15,16)(H,17,18)/t9-,10+/m0/s1. The molecule has 0 aliphatic heterocycles. The number of amides is 1. The number of nitrogens with one attached hydrogen (secondary N) is 1. The molecule has 7 heteroatoms. The SMILES string of the molecule is COC(=O)c1ccc(CNC(=O)[C@@H]2[C@H](C(=O)O)C2(C)C)o1. The van der Waals surface area contributed by atoms with Crippen molar-refractivity contribution in [2.24, 2.45) is 17.3 Å². The molecule has 21 heavy (non-hydrogen) atoms. The van der Waals surface area contributed by atoms with E-state index in [0.717, 1.165) is 0 Å². The molecule has 2 rings (SSSR count). The van der Waals surface area contributed by atoms with Gasteiger partial charge in [-0.1, -0.05) is 13.8 Å². The van der Waals surface area contributed by atoms with E-state index in [-0.39, 0.29) is 18.2 Å². The van der Waals surface area contributed by atoms with Crippen LogP contribution in [0, 0.1) is 17.3 Å². The van der Waals surface area contributed by atoms with Gasteiger partial charge in [-0.05, 0) is 17.5 Å². The Labute approximate surface area is 121 Å². The zero-order chi connectivity index (χ0) is 15.8. The Balaban J connectivity index is 1.92. The van der Waals surface area contributed by atoms with Crippen molar-refractivity contribution in [2.45, 2.75) is 20.4 Å². The van der Waals surface area contributed by atoms with Crippen LogP contribution in [0.25, 0.3) is 0 Å². The minimum Gasteiger partial charge on any atom is -0.481 e. The molecule has 0 saturated heterocycles. The summed E-state index contributed by atoms with van der Waals surface area (Å²) in [6.07, 6.45) is 0. The van der Waals surface area contributed by atoms with Crippen molar-refractivity contribution in [2.75, 3.05) is 7.11 Å². The van der Waals surface area contributed by atoms with Crippen molar-refractivity contribution < 1.29 is 28.6 Å². The Morgan fingerprint density at radius 3 is 2.52 bits per heavy atom. The first-order valence-corrected chi connectivity index (χ1v) is 6.46. The average molecular weight is 295 g/mol. The third-order valence-electron chi connectivity index (χ3n) is 3.86. The molecule has 0 aromatic carbocycles. The Hall–Kier alpha value is -2.31. The quantitative estimate of drug-likeness (QED) is 0.786. The van der Waals surface area contributed by atoms with Crippen molar-refractivity contribution in [1.82, 2.24) is 5.32 Å². The molecular formula is C14H17NO6. The van der Waals surface area contributed by atoms with E-state index in [4.69, 9.17) is 9.52 Å². The zero-order valence-corrected chi connectivity index (χ0v) is 12.0. The van der Waals surface area contributed by atoms with Gasteiger partial charge >= 0.3 is 11.9 Å². The van der Waals surface area contributed by atoms with Crippen LogP contribution in [0.4, 0.5) is 0 Å². The number of hydrogen-bond acceptors (Lipinski definition) is 5. The maximum absolute atomic E-state index is 12.0. The summed E-state index contributed by atoms with van der Waals surface area (Å²) in [4.78, 5) is 34.2. The largest absolute Gasteiger partial charge is 0.481 e. The van der Waals surface area contributed by atoms with Crippen LogP contribution in [-0.2, 0) is 20.9 Å². The number of aliphatic carboxylic acids is 1. The Bertz CT molecular complexity index is 588. The maximum atomic E-state index is 12.0. The molecule has 1 aliphatic rings. The highest BCUT2D eigenvalue weighted by Crippen LogP contribution is 2.58. The molecule has 0 bridgehead atoms. The number of hydrogen-bond donors (Lipinski definition) is 2. The summed E-state index contributed by atoms with van der Waals surface area (Å²) in [5, 5.41) is 11.7. The van der Waals surface area contributed by atoms with E-state index in [1.54, 1.807) is 19.9 Å². The van der Waals surface area contributed by atoms with Crippen molar-refractivity contribution in [3.8, 4) is 0 Å². The smallest absolute Gasteiger partial charge is 0.373 e. The first-order valence-electron chi connectivity index (χ1n) is 6.46. The van der Waals surface area contributed by atoms with Crippen LogP contribution < -0.4 is 5.32 Å². The van der Waals surface area contributed by atoms with Gasteiger partial charge < -0.3 is 19.6 Å². The van der Waals surface area contributed by atoms with Gasteiger partial charge in [-0.3, -0.25) is 9.59 Å². The molecule has 7 nitrogen and oxygen atoms in total. The van der Waals surface area contributed by atoms with Crippen LogP contribution >= 0.6 is 0 Å². The topological polar surface area (TPSA) is 106 Å².